The number of carbonyl (C=O) groups excluding carboxylic acids is 1. The van der Waals surface area contributed by atoms with Crippen LogP contribution in [0.15, 0.2) is 59.7 Å². The van der Waals surface area contributed by atoms with Crippen molar-refractivity contribution in [2.75, 3.05) is 0 Å². The Kier molecular flexibility index (Phi) is 5.92. The van der Waals surface area contributed by atoms with E-state index in [1.807, 2.05) is 0 Å². The zero-order valence-corrected chi connectivity index (χ0v) is 16.8. The van der Waals surface area contributed by atoms with E-state index in [0.717, 1.165) is 6.42 Å². The summed E-state index contributed by atoms with van der Waals surface area (Å²) in [5, 5.41) is 14.9. The lowest BCUT2D eigenvalue weighted by Gasteiger charge is -2.19. The molecule has 1 aliphatic rings. The van der Waals surface area contributed by atoms with Crippen LogP contribution in [0.25, 0.3) is 6.08 Å². The molecule has 1 saturated carbocycles. The monoisotopic (exact) mass is 391 g/mol. The van der Waals surface area contributed by atoms with E-state index in [9.17, 15) is 14.9 Å². The minimum atomic E-state index is -0.431. The van der Waals surface area contributed by atoms with E-state index in [1.54, 1.807) is 30.4 Å². The maximum absolute atomic E-state index is 12.3. The van der Waals surface area contributed by atoms with Crippen molar-refractivity contribution in [3.05, 3.63) is 81.4 Å². The van der Waals surface area contributed by atoms with Gasteiger partial charge in [-0.2, -0.15) is 5.10 Å². The third-order valence-corrected chi connectivity index (χ3v) is 5.08. The number of carbonyl (C=O) groups is 1. The van der Waals surface area contributed by atoms with Crippen molar-refractivity contribution in [2.24, 2.45) is 11.0 Å². The van der Waals surface area contributed by atoms with Crippen LogP contribution in [0.5, 0.6) is 0 Å². The van der Waals surface area contributed by atoms with Crippen LogP contribution >= 0.6 is 0 Å². The lowest BCUT2D eigenvalue weighted by Crippen LogP contribution is -2.19. The predicted molar refractivity (Wildman–Crippen MR) is 115 cm³/mol. The molecule has 6 heteroatoms. The van der Waals surface area contributed by atoms with Crippen molar-refractivity contribution in [3.8, 4) is 0 Å². The molecule has 29 heavy (non-hydrogen) atoms. The Hall–Kier alpha value is -3.28. The number of rotatable bonds is 6. The van der Waals surface area contributed by atoms with Gasteiger partial charge in [0.2, 0.25) is 5.91 Å². The summed E-state index contributed by atoms with van der Waals surface area (Å²) < 4.78 is 0. The molecule has 3 rings (SSSR count). The van der Waals surface area contributed by atoms with Crippen LogP contribution in [0.4, 0.5) is 5.69 Å². The molecule has 0 heterocycles. The molecule has 1 N–H and O–H groups in total. The minimum Gasteiger partial charge on any atom is -0.273 e. The Bertz CT molecular complexity index is 956. The van der Waals surface area contributed by atoms with Gasteiger partial charge in [-0.1, -0.05) is 57.2 Å². The predicted octanol–water partition coefficient (Wildman–Crippen LogP) is 4.81. The Morgan fingerprint density at radius 1 is 1.17 bits per heavy atom. The highest BCUT2D eigenvalue weighted by Gasteiger charge is 2.43. The largest absolute Gasteiger partial charge is 0.276 e. The van der Waals surface area contributed by atoms with Crippen LogP contribution in [0, 0.1) is 16.0 Å². The highest BCUT2D eigenvalue weighted by molar-refractivity contribution is 5.85. The second kappa shape index (κ2) is 8.39. The smallest absolute Gasteiger partial charge is 0.273 e. The molecule has 0 aliphatic heterocycles. The van der Waals surface area contributed by atoms with E-state index >= 15 is 0 Å². The first-order valence-electron chi connectivity index (χ1n) is 9.61. The second-order valence-electron chi connectivity index (χ2n) is 8.25. The van der Waals surface area contributed by atoms with Crippen molar-refractivity contribution in [1.82, 2.24) is 5.43 Å². The number of benzene rings is 2. The topological polar surface area (TPSA) is 84.6 Å². The molecule has 2 aromatic carbocycles. The van der Waals surface area contributed by atoms with Crippen LogP contribution < -0.4 is 5.43 Å². The van der Waals surface area contributed by atoms with Crippen molar-refractivity contribution >= 4 is 23.9 Å². The molecule has 0 radical (unpaired) electrons. The van der Waals surface area contributed by atoms with Crippen molar-refractivity contribution in [2.45, 2.75) is 38.5 Å². The summed E-state index contributed by atoms with van der Waals surface area (Å²) >= 11 is 0. The molecule has 1 fully saturated rings. The van der Waals surface area contributed by atoms with E-state index in [4.69, 9.17) is 0 Å². The van der Waals surface area contributed by atoms with E-state index in [-0.39, 0.29) is 28.8 Å². The van der Waals surface area contributed by atoms with Crippen molar-refractivity contribution in [3.63, 3.8) is 0 Å². The van der Waals surface area contributed by atoms with Gasteiger partial charge in [-0.25, -0.2) is 5.43 Å². The van der Waals surface area contributed by atoms with Gasteiger partial charge >= 0.3 is 0 Å². The molecule has 0 aromatic heterocycles. The Morgan fingerprint density at radius 3 is 2.52 bits per heavy atom. The lowest BCUT2D eigenvalue weighted by molar-refractivity contribution is -0.385. The Morgan fingerprint density at radius 2 is 1.86 bits per heavy atom. The first-order chi connectivity index (χ1) is 13.8. The van der Waals surface area contributed by atoms with Gasteiger partial charge in [0.15, 0.2) is 0 Å². The first-order valence-corrected chi connectivity index (χ1v) is 9.61. The molecule has 2 aromatic rings. The molecule has 6 nitrogen and oxygen atoms in total. The number of hydrazone groups is 1. The maximum atomic E-state index is 12.3. The number of allylic oxidation sites excluding steroid dienone is 1. The molecule has 0 spiro atoms. The average molecular weight is 391 g/mol. The SMILES string of the molecule is CC(C)(C)c1ccc(C2CC2C(=O)N/N=C\C=C\c2ccccc2[N+](=O)[O-])cc1. The second-order valence-corrected chi connectivity index (χ2v) is 8.25. The van der Waals surface area contributed by atoms with Crippen LogP contribution in [-0.2, 0) is 10.2 Å². The van der Waals surface area contributed by atoms with Crippen LogP contribution in [0.2, 0.25) is 0 Å². The third-order valence-electron chi connectivity index (χ3n) is 5.08. The van der Waals surface area contributed by atoms with E-state index in [2.05, 4.69) is 55.6 Å². The highest BCUT2D eigenvalue weighted by Crippen LogP contribution is 2.47. The fourth-order valence-corrected chi connectivity index (χ4v) is 3.25. The van der Waals surface area contributed by atoms with Gasteiger partial charge in [-0.3, -0.25) is 14.9 Å². The number of amides is 1. The molecular formula is C23H25N3O3. The molecule has 150 valence electrons. The normalized spacial score (nSPS) is 18.9. The van der Waals surface area contributed by atoms with Gasteiger partial charge < -0.3 is 0 Å². The number of nitrogens with zero attached hydrogens (tertiary/aromatic N) is 2. The number of nitro groups is 1. The molecule has 1 amide bonds. The molecule has 0 bridgehead atoms. The summed E-state index contributed by atoms with van der Waals surface area (Å²) in [4.78, 5) is 22.8. The van der Waals surface area contributed by atoms with Crippen LogP contribution in [0.1, 0.15) is 49.8 Å². The first kappa shape index (κ1) is 20.5. The van der Waals surface area contributed by atoms with Gasteiger partial charge in [-0.05, 0) is 47.1 Å². The van der Waals surface area contributed by atoms with Gasteiger partial charge in [0.1, 0.15) is 0 Å². The highest BCUT2D eigenvalue weighted by atomic mass is 16.6. The summed E-state index contributed by atoms with van der Waals surface area (Å²) in [5.41, 5.74) is 5.63. The van der Waals surface area contributed by atoms with Crippen molar-refractivity contribution in [1.29, 1.82) is 0 Å². The zero-order chi connectivity index (χ0) is 21.0. The van der Waals surface area contributed by atoms with Gasteiger partial charge in [0.25, 0.3) is 5.69 Å². The summed E-state index contributed by atoms with van der Waals surface area (Å²) in [7, 11) is 0. The van der Waals surface area contributed by atoms with Gasteiger partial charge in [-0.15, -0.1) is 0 Å². The number of hydrogen-bond donors (Lipinski definition) is 1. The van der Waals surface area contributed by atoms with E-state index < -0.39 is 4.92 Å². The quantitative estimate of drug-likeness (QED) is 0.436. The fourth-order valence-electron chi connectivity index (χ4n) is 3.25. The number of hydrogen-bond acceptors (Lipinski definition) is 4. The molecular weight excluding hydrogens is 366 g/mol. The average Bonchev–Trinajstić information content (AvgIpc) is 3.48. The zero-order valence-electron chi connectivity index (χ0n) is 16.8. The summed E-state index contributed by atoms with van der Waals surface area (Å²) in [5.74, 6) is 0.0683. The van der Waals surface area contributed by atoms with E-state index in [0.29, 0.717) is 5.56 Å². The summed E-state index contributed by atoms with van der Waals surface area (Å²) in [6.45, 7) is 6.54. The molecule has 0 saturated heterocycles. The number of para-hydroxylation sites is 1. The third kappa shape index (κ3) is 5.16. The van der Waals surface area contributed by atoms with Gasteiger partial charge in [0, 0.05) is 18.2 Å². The molecule has 2 unspecified atom stereocenters. The van der Waals surface area contributed by atoms with Crippen LogP contribution in [0.3, 0.4) is 0 Å². The minimum absolute atomic E-state index is 0.0273. The van der Waals surface area contributed by atoms with Crippen LogP contribution in [-0.4, -0.2) is 17.0 Å². The lowest BCUT2D eigenvalue weighted by atomic mass is 9.86. The number of nitro benzene ring substituents is 1. The summed E-state index contributed by atoms with van der Waals surface area (Å²) in [6.07, 6.45) is 5.40. The summed E-state index contributed by atoms with van der Waals surface area (Å²) in [6, 6.07) is 14.9. The molecule has 1 aliphatic carbocycles. The van der Waals surface area contributed by atoms with E-state index in [1.165, 1.54) is 23.4 Å². The number of nitrogens with one attached hydrogen (secondary N) is 1. The fraction of sp³-hybridized carbons (Fsp3) is 0.304. The maximum Gasteiger partial charge on any atom is 0.276 e. The Balaban J connectivity index is 1.51. The van der Waals surface area contributed by atoms with Gasteiger partial charge in [0.05, 0.1) is 10.5 Å². The standard InChI is InChI=1S/C23H25N3O3/c1-23(2,3)18-12-10-16(11-13-18)19-15-20(19)22(27)25-24-14-6-8-17-7-4-5-9-21(17)26(28)29/h4-14,19-20H,15H2,1-3H3,(H,25,27)/b8-6+,24-14-. The Labute approximate surface area is 170 Å². The van der Waals surface area contributed by atoms with Crippen molar-refractivity contribution < 1.29 is 9.72 Å². The molecule has 2 atom stereocenters.